The van der Waals surface area contributed by atoms with E-state index in [0.29, 0.717) is 45.6 Å². The molecule has 2 rings (SSSR count). The number of amides is 2. The highest BCUT2D eigenvalue weighted by molar-refractivity contribution is 5.88. The van der Waals surface area contributed by atoms with Gasteiger partial charge in [0.2, 0.25) is 5.91 Å². The molecule has 1 fully saturated rings. The van der Waals surface area contributed by atoms with Crippen LogP contribution in [0.15, 0.2) is 30.3 Å². The lowest BCUT2D eigenvalue weighted by Crippen LogP contribution is -2.48. The molecular weight excluding hydrogens is 332 g/mol. The third-order valence-corrected chi connectivity index (χ3v) is 4.41. The quantitative estimate of drug-likeness (QED) is 0.763. The fourth-order valence-corrected chi connectivity index (χ4v) is 3.09. The maximum Gasteiger partial charge on any atom is 0.407 e. The van der Waals surface area contributed by atoms with Gasteiger partial charge in [-0.05, 0) is 45.6 Å². The molecule has 1 aromatic carbocycles. The summed E-state index contributed by atoms with van der Waals surface area (Å²) in [5, 5.41) is 5.73. The molecule has 1 heterocycles. The fourth-order valence-electron chi connectivity index (χ4n) is 3.09. The van der Waals surface area contributed by atoms with Crippen molar-refractivity contribution in [3.63, 3.8) is 0 Å². The van der Waals surface area contributed by atoms with Gasteiger partial charge in [-0.2, -0.15) is 0 Å². The van der Waals surface area contributed by atoms with Crippen LogP contribution in [0.3, 0.4) is 0 Å². The van der Waals surface area contributed by atoms with Crippen molar-refractivity contribution >= 4 is 12.0 Å². The van der Waals surface area contributed by atoms with E-state index in [1.54, 1.807) is 0 Å². The number of benzene rings is 1. The summed E-state index contributed by atoms with van der Waals surface area (Å²) in [7, 11) is 0. The molecular formula is C20H30N2O4. The number of carbonyl (C=O) groups is 2. The van der Waals surface area contributed by atoms with Gasteiger partial charge >= 0.3 is 6.09 Å². The number of ether oxygens (including phenoxy) is 2. The van der Waals surface area contributed by atoms with E-state index in [-0.39, 0.29) is 5.91 Å². The highest BCUT2D eigenvalue weighted by atomic mass is 16.6. The third kappa shape index (κ3) is 5.73. The molecule has 0 saturated carbocycles. The Morgan fingerprint density at radius 3 is 2.31 bits per heavy atom. The van der Waals surface area contributed by atoms with Crippen molar-refractivity contribution in [2.45, 2.75) is 51.0 Å². The molecule has 0 atom stereocenters. The normalized spacial score (nSPS) is 16.6. The van der Waals surface area contributed by atoms with Crippen LogP contribution in [0, 0.1) is 0 Å². The molecule has 0 radical (unpaired) electrons. The molecule has 0 aromatic heterocycles. The standard InChI is InChI=1S/C20H30N2O4/c1-19(2,3)26-18(24)22-13-7-12-21-17(23)20(10-14-25-15-11-20)16-8-5-4-6-9-16/h4-6,8-9H,7,10-15H2,1-3H3,(H,21,23)(H,22,24). The first kappa shape index (κ1) is 20.2. The predicted molar refractivity (Wildman–Crippen MR) is 100 cm³/mol. The molecule has 0 aliphatic carbocycles. The third-order valence-electron chi connectivity index (χ3n) is 4.41. The number of hydrogen-bond acceptors (Lipinski definition) is 4. The van der Waals surface area contributed by atoms with Crippen molar-refractivity contribution in [3.05, 3.63) is 35.9 Å². The maximum atomic E-state index is 12.9. The summed E-state index contributed by atoms with van der Waals surface area (Å²) < 4.78 is 10.6. The Morgan fingerprint density at radius 1 is 1.08 bits per heavy atom. The van der Waals surface area contributed by atoms with Crippen LogP contribution in [0.25, 0.3) is 0 Å². The lowest BCUT2D eigenvalue weighted by molar-refractivity contribution is -0.130. The van der Waals surface area contributed by atoms with Crippen LogP contribution < -0.4 is 10.6 Å². The Bertz CT molecular complexity index is 590. The van der Waals surface area contributed by atoms with E-state index in [4.69, 9.17) is 9.47 Å². The van der Waals surface area contributed by atoms with E-state index in [2.05, 4.69) is 10.6 Å². The van der Waals surface area contributed by atoms with Crippen LogP contribution in [-0.4, -0.2) is 43.9 Å². The number of carbonyl (C=O) groups excluding carboxylic acids is 2. The lowest BCUT2D eigenvalue weighted by Gasteiger charge is -2.36. The Kier molecular flexibility index (Phi) is 7.03. The lowest BCUT2D eigenvalue weighted by atomic mass is 9.73. The number of rotatable bonds is 6. The first-order valence-corrected chi connectivity index (χ1v) is 9.22. The van der Waals surface area contributed by atoms with Gasteiger partial charge in [0.25, 0.3) is 0 Å². The predicted octanol–water partition coefficient (Wildman–Crippen LogP) is 2.77. The molecule has 2 N–H and O–H groups in total. The second-order valence-corrected chi connectivity index (χ2v) is 7.60. The molecule has 2 amide bonds. The van der Waals surface area contributed by atoms with Crippen LogP contribution in [0.2, 0.25) is 0 Å². The zero-order chi connectivity index (χ0) is 19.0. The molecule has 0 unspecified atom stereocenters. The Labute approximate surface area is 155 Å². The molecule has 144 valence electrons. The van der Waals surface area contributed by atoms with E-state index in [0.717, 1.165) is 5.56 Å². The van der Waals surface area contributed by atoms with Crippen molar-refractivity contribution in [3.8, 4) is 0 Å². The average Bonchev–Trinajstić information content (AvgIpc) is 2.61. The van der Waals surface area contributed by atoms with Crippen LogP contribution in [0.5, 0.6) is 0 Å². The highest BCUT2D eigenvalue weighted by Crippen LogP contribution is 2.35. The SMILES string of the molecule is CC(C)(C)OC(=O)NCCCNC(=O)C1(c2ccccc2)CCOCC1. The van der Waals surface area contributed by atoms with Gasteiger partial charge in [-0.15, -0.1) is 0 Å². The fraction of sp³-hybridized carbons (Fsp3) is 0.600. The maximum absolute atomic E-state index is 12.9. The Balaban J connectivity index is 1.82. The first-order chi connectivity index (χ1) is 12.3. The van der Waals surface area contributed by atoms with Gasteiger partial charge in [-0.25, -0.2) is 4.79 Å². The number of hydrogen-bond donors (Lipinski definition) is 2. The molecule has 6 nitrogen and oxygen atoms in total. The van der Waals surface area contributed by atoms with Gasteiger partial charge in [0.15, 0.2) is 0 Å². The van der Waals surface area contributed by atoms with Crippen LogP contribution >= 0.6 is 0 Å². The van der Waals surface area contributed by atoms with Gasteiger partial charge in [0.05, 0.1) is 5.41 Å². The van der Waals surface area contributed by atoms with Gasteiger partial charge in [-0.3, -0.25) is 4.79 Å². The summed E-state index contributed by atoms with van der Waals surface area (Å²) in [6.45, 7) is 7.60. The molecule has 1 aliphatic rings. The van der Waals surface area contributed by atoms with Gasteiger partial charge in [0.1, 0.15) is 5.60 Å². The first-order valence-electron chi connectivity index (χ1n) is 9.22. The van der Waals surface area contributed by atoms with Crippen LogP contribution in [0.4, 0.5) is 4.79 Å². The van der Waals surface area contributed by atoms with Crippen LogP contribution in [0.1, 0.15) is 45.6 Å². The van der Waals surface area contributed by atoms with E-state index in [1.165, 1.54) is 0 Å². The monoisotopic (exact) mass is 362 g/mol. The van der Waals surface area contributed by atoms with Crippen molar-refractivity contribution in [1.29, 1.82) is 0 Å². The Morgan fingerprint density at radius 2 is 1.69 bits per heavy atom. The van der Waals surface area contributed by atoms with E-state index >= 15 is 0 Å². The molecule has 1 aromatic rings. The molecule has 26 heavy (non-hydrogen) atoms. The summed E-state index contributed by atoms with van der Waals surface area (Å²) in [6.07, 6.45) is 1.57. The van der Waals surface area contributed by atoms with Crippen molar-refractivity contribution in [2.24, 2.45) is 0 Å². The average molecular weight is 362 g/mol. The van der Waals surface area contributed by atoms with Crippen molar-refractivity contribution in [1.82, 2.24) is 10.6 Å². The number of alkyl carbamates (subject to hydrolysis) is 1. The molecule has 6 heteroatoms. The highest BCUT2D eigenvalue weighted by Gasteiger charge is 2.41. The second-order valence-electron chi connectivity index (χ2n) is 7.60. The van der Waals surface area contributed by atoms with E-state index in [9.17, 15) is 9.59 Å². The van der Waals surface area contributed by atoms with Crippen molar-refractivity contribution in [2.75, 3.05) is 26.3 Å². The summed E-state index contributed by atoms with van der Waals surface area (Å²) in [5.74, 6) is 0.0317. The minimum atomic E-state index is -0.530. The molecule has 1 saturated heterocycles. The minimum Gasteiger partial charge on any atom is -0.444 e. The smallest absolute Gasteiger partial charge is 0.407 e. The zero-order valence-electron chi connectivity index (χ0n) is 16.0. The summed E-state index contributed by atoms with van der Waals surface area (Å²) in [4.78, 5) is 24.5. The summed E-state index contributed by atoms with van der Waals surface area (Å²) in [5.41, 5.74) is -0.00527. The topological polar surface area (TPSA) is 76.7 Å². The van der Waals surface area contributed by atoms with Crippen LogP contribution in [-0.2, 0) is 19.7 Å². The molecule has 0 bridgehead atoms. The Hall–Kier alpha value is -2.08. The molecule has 0 spiro atoms. The second kappa shape index (κ2) is 9.03. The van der Waals surface area contributed by atoms with E-state index in [1.807, 2.05) is 51.1 Å². The molecule has 1 aliphatic heterocycles. The van der Waals surface area contributed by atoms with Gasteiger partial charge in [-0.1, -0.05) is 30.3 Å². The minimum absolute atomic E-state index is 0.0317. The van der Waals surface area contributed by atoms with E-state index < -0.39 is 17.1 Å². The van der Waals surface area contributed by atoms with Gasteiger partial charge < -0.3 is 20.1 Å². The summed E-state index contributed by atoms with van der Waals surface area (Å²) >= 11 is 0. The number of nitrogens with one attached hydrogen (secondary N) is 2. The van der Waals surface area contributed by atoms with Gasteiger partial charge in [0, 0.05) is 26.3 Å². The summed E-state index contributed by atoms with van der Waals surface area (Å²) in [6, 6.07) is 9.90. The largest absolute Gasteiger partial charge is 0.444 e. The zero-order valence-corrected chi connectivity index (χ0v) is 16.0. The van der Waals surface area contributed by atoms with Crippen molar-refractivity contribution < 1.29 is 19.1 Å².